The van der Waals surface area contributed by atoms with Crippen LogP contribution in [0.5, 0.6) is 0 Å². The van der Waals surface area contributed by atoms with Crippen LogP contribution in [0.2, 0.25) is 0 Å². The van der Waals surface area contributed by atoms with Crippen LogP contribution in [0.4, 0.5) is 0 Å². The molecule has 276 valence electrons. The van der Waals surface area contributed by atoms with Gasteiger partial charge in [0.2, 0.25) is 0 Å². The summed E-state index contributed by atoms with van der Waals surface area (Å²) in [6.45, 7) is 13.7. The minimum Gasteiger partial charge on any atom is -0.258 e. The lowest BCUT2D eigenvalue weighted by molar-refractivity contribution is 0.781. The molecule has 15 aromatic rings. The lowest BCUT2D eigenvalue weighted by atomic mass is 9.69. The Bertz CT molecular complexity index is 4830. The molecule has 3 aliphatic rings. The van der Waals surface area contributed by atoms with Crippen LogP contribution in [0.3, 0.4) is 0 Å². The number of aryl methyl sites for hydroxylation is 6. The third-order valence-corrected chi connectivity index (χ3v) is 16.7. The maximum Gasteiger partial charge on any atom is 0.163 e. The molecule has 60 heavy (non-hydrogen) atoms. The molecule has 5 aromatic heterocycles. The molecule has 0 bridgehead atoms. The Hall–Kier alpha value is -6.92. The Kier molecular flexibility index (Phi) is 4.11. The van der Waals surface area contributed by atoms with E-state index in [0.717, 1.165) is 46.7 Å². The predicted molar refractivity (Wildman–Crippen MR) is 247 cm³/mol. The van der Waals surface area contributed by atoms with Gasteiger partial charge in [0, 0.05) is 61.2 Å². The second kappa shape index (κ2) is 8.41. The van der Waals surface area contributed by atoms with Crippen molar-refractivity contribution in [2.75, 3.05) is 0 Å². The minimum absolute atomic E-state index is 0.0181. The fourth-order valence-electron chi connectivity index (χ4n) is 14.7. The zero-order valence-electron chi connectivity index (χ0n) is 33.7. The first-order valence-electron chi connectivity index (χ1n) is 21.7. The van der Waals surface area contributed by atoms with Gasteiger partial charge in [0.1, 0.15) is 0 Å². The summed E-state index contributed by atoms with van der Waals surface area (Å²) >= 11 is 0. The molecule has 6 nitrogen and oxygen atoms in total. The summed E-state index contributed by atoms with van der Waals surface area (Å²) in [6, 6.07) is 9.70. The van der Waals surface area contributed by atoms with Gasteiger partial charge in [-0.1, -0.05) is 31.2 Å². The normalized spacial score (nSPS) is 18.0. The molecule has 0 amide bonds. The number of benzene rings is 10. The van der Waals surface area contributed by atoms with Gasteiger partial charge in [-0.2, -0.15) is 0 Å². The van der Waals surface area contributed by atoms with E-state index in [9.17, 15) is 0 Å². The van der Waals surface area contributed by atoms with Gasteiger partial charge < -0.3 is 0 Å². The molecular weight excluding hydrogens is 733 g/mol. The smallest absolute Gasteiger partial charge is 0.163 e. The van der Waals surface area contributed by atoms with Crippen molar-refractivity contribution >= 4 is 158 Å². The summed E-state index contributed by atoms with van der Waals surface area (Å²) in [4.78, 5) is 31.8. The van der Waals surface area contributed by atoms with Crippen molar-refractivity contribution in [3.63, 3.8) is 0 Å². The Morgan fingerprint density at radius 3 is 2.02 bits per heavy atom. The molecule has 1 aliphatic heterocycles. The Morgan fingerprint density at radius 2 is 1.13 bits per heavy atom. The molecule has 6 heterocycles. The molecule has 0 fully saturated rings. The highest BCUT2D eigenvalue weighted by Crippen LogP contribution is 2.62. The second-order valence-corrected chi connectivity index (χ2v) is 19.1. The van der Waals surface area contributed by atoms with Crippen molar-refractivity contribution < 1.29 is 0 Å². The highest BCUT2D eigenvalue weighted by atomic mass is 14.9. The molecule has 0 spiro atoms. The van der Waals surface area contributed by atoms with Gasteiger partial charge in [-0.15, -0.1) is 0 Å². The minimum atomic E-state index is -0.0181. The van der Waals surface area contributed by atoms with Gasteiger partial charge in [0.05, 0.1) is 6.04 Å². The molecule has 0 N–H and O–H groups in total. The number of fused-ring (bicyclic) bond motifs is 4. The van der Waals surface area contributed by atoms with Gasteiger partial charge in [-0.05, 0) is 189 Å². The largest absolute Gasteiger partial charge is 0.258 e. The van der Waals surface area contributed by atoms with Gasteiger partial charge in [-0.25, -0.2) is 24.9 Å². The fraction of sp³-hybridized carbons (Fsp3) is 0.185. The summed E-state index contributed by atoms with van der Waals surface area (Å²) in [5, 5.41) is 35.4. The predicted octanol–water partition coefficient (Wildman–Crippen LogP) is 11.8. The summed E-state index contributed by atoms with van der Waals surface area (Å²) in [6.07, 6.45) is 6.56. The average molecular weight is 763 g/mol. The molecule has 0 saturated heterocycles. The first-order valence-corrected chi connectivity index (χ1v) is 21.7. The maximum absolute atomic E-state index is 5.42. The van der Waals surface area contributed by atoms with Crippen LogP contribution < -0.4 is 10.7 Å². The monoisotopic (exact) mass is 762 g/mol. The number of pyridine rings is 5. The number of rotatable bonds is 0. The first-order chi connectivity index (χ1) is 29.3. The fourth-order valence-corrected chi connectivity index (χ4v) is 14.7. The van der Waals surface area contributed by atoms with E-state index in [1.807, 2.05) is 6.20 Å². The Balaban J connectivity index is 1.35. The van der Waals surface area contributed by atoms with E-state index in [1.54, 1.807) is 0 Å². The van der Waals surface area contributed by atoms with Crippen LogP contribution in [0.1, 0.15) is 70.6 Å². The second-order valence-electron chi connectivity index (χ2n) is 19.1. The van der Waals surface area contributed by atoms with Crippen molar-refractivity contribution in [3.8, 4) is 0 Å². The molecule has 18 rings (SSSR count). The molecular formula is C54H30N6. The van der Waals surface area contributed by atoms with Crippen LogP contribution in [-0.4, -0.2) is 24.9 Å². The zero-order chi connectivity index (χ0) is 39.0. The van der Waals surface area contributed by atoms with Gasteiger partial charge in [0.15, 0.2) is 22.4 Å². The van der Waals surface area contributed by atoms with E-state index in [1.165, 1.54) is 173 Å². The number of aromatic nitrogens is 5. The molecule has 10 aromatic carbocycles. The van der Waals surface area contributed by atoms with Gasteiger partial charge in [0.25, 0.3) is 0 Å². The van der Waals surface area contributed by atoms with Crippen molar-refractivity contribution in [1.29, 1.82) is 0 Å². The molecule has 2 atom stereocenters. The Labute approximate surface area is 338 Å². The summed E-state index contributed by atoms with van der Waals surface area (Å²) in [5.41, 5.74) is 13.6. The maximum atomic E-state index is 5.42. The third-order valence-electron chi connectivity index (χ3n) is 16.7. The highest BCUT2D eigenvalue weighted by Gasteiger charge is 2.39. The lowest BCUT2D eigenvalue weighted by Gasteiger charge is -2.34. The zero-order valence-corrected chi connectivity index (χ0v) is 33.7. The molecule has 6 heteroatoms. The van der Waals surface area contributed by atoms with E-state index in [0.29, 0.717) is 0 Å². The van der Waals surface area contributed by atoms with Crippen LogP contribution in [-0.2, 0) is 12.8 Å². The van der Waals surface area contributed by atoms with Crippen molar-refractivity contribution in [1.82, 2.24) is 24.9 Å². The molecule has 0 radical (unpaired) electrons. The molecule has 0 saturated carbocycles. The van der Waals surface area contributed by atoms with E-state index < -0.39 is 0 Å². The number of nitrogens with zero attached hydrogens (tertiary/aromatic N) is 6. The van der Waals surface area contributed by atoms with E-state index in [-0.39, 0.29) is 12.0 Å². The van der Waals surface area contributed by atoms with Crippen LogP contribution in [0.15, 0.2) is 35.5 Å². The standard InChI is InChI=1S/C54H30N6/c1-15-13-26-20(6)58-54-50-35(26)39-29(15)27-14-16(2)28-25-11-12-55-51-37(25)44-46-38(28)36(27)43-40-33-23(22-8-7-21-19(5)57-53(59-51)49(44)31(21)32(22)41(40)46)9-10-24-30-17(3)18(4)56-52(60-54)48(30)47(50)42(34(24)33)45(39)43/h9-14,16,20H,7-8H2,1-6H3/t16-,20?/m0/s1. The lowest BCUT2D eigenvalue weighted by Crippen LogP contribution is -2.21. The average Bonchev–Trinajstić information content (AvgIpc) is 3.24. The summed E-state index contributed by atoms with van der Waals surface area (Å²) in [5.74, 6) is 0.176. The van der Waals surface area contributed by atoms with Gasteiger partial charge >= 0.3 is 0 Å². The highest BCUT2D eigenvalue weighted by molar-refractivity contribution is 6.60. The van der Waals surface area contributed by atoms with Crippen molar-refractivity contribution in [2.45, 2.75) is 66.3 Å². The Morgan fingerprint density at radius 1 is 0.483 bits per heavy atom. The third kappa shape index (κ3) is 2.53. The van der Waals surface area contributed by atoms with Crippen LogP contribution in [0.25, 0.3) is 158 Å². The van der Waals surface area contributed by atoms with Crippen molar-refractivity contribution in [3.05, 3.63) is 85.9 Å². The van der Waals surface area contributed by atoms with E-state index in [2.05, 4.69) is 71.9 Å². The summed E-state index contributed by atoms with van der Waals surface area (Å²) in [7, 11) is 0. The van der Waals surface area contributed by atoms with Crippen LogP contribution >= 0.6 is 0 Å². The topological polar surface area (TPSA) is 76.8 Å². The van der Waals surface area contributed by atoms with E-state index >= 15 is 0 Å². The molecule has 2 aliphatic carbocycles. The number of hydrogen-bond acceptors (Lipinski definition) is 6. The quantitative estimate of drug-likeness (QED) is 0.114. The number of hydrogen-bond donors (Lipinski definition) is 0. The van der Waals surface area contributed by atoms with E-state index in [4.69, 9.17) is 29.9 Å². The molecule has 1 unspecified atom stereocenters. The van der Waals surface area contributed by atoms with Gasteiger partial charge in [-0.3, -0.25) is 4.99 Å². The van der Waals surface area contributed by atoms with Crippen LogP contribution in [0, 0.1) is 27.7 Å². The van der Waals surface area contributed by atoms with Crippen molar-refractivity contribution in [2.24, 2.45) is 4.99 Å². The SMILES string of the molecule is Cc1nc2nc3c4c5c(cc(C)c6c7c8c9c(c%10ccnc%11nc%12nc(C)c%13c%14c%15c(c%16ccc%17c(c1C)c2c4c1c%17c%16c(c%15c9c(c%11%10)c%12%14)c8c1c65)CC%13)[C@@H](C)C=7)C(C)N=3. The summed E-state index contributed by atoms with van der Waals surface area (Å²) < 4.78 is 0. The first kappa shape index (κ1) is 29.3.